The molecule has 8 heteroatoms. The molecule has 2 aliphatic heterocycles. The number of carbonyl (C=O) groups is 1. The molecule has 0 aliphatic carbocycles. The Morgan fingerprint density at radius 3 is 2.41 bits per heavy atom. The van der Waals surface area contributed by atoms with E-state index in [4.69, 9.17) is 18.9 Å². The second kappa shape index (κ2) is 9.96. The second-order valence-electron chi connectivity index (χ2n) is 7.55. The summed E-state index contributed by atoms with van der Waals surface area (Å²) in [6.45, 7) is 0.600. The summed E-state index contributed by atoms with van der Waals surface area (Å²) in [6, 6.07) is 15.5. The van der Waals surface area contributed by atoms with E-state index in [9.17, 15) is 10.1 Å². The molecule has 2 aromatic rings. The third-order valence-electron chi connectivity index (χ3n) is 5.25. The highest BCUT2D eigenvalue weighted by Crippen LogP contribution is 2.39. The molecule has 2 aromatic carbocycles. The van der Waals surface area contributed by atoms with Crippen molar-refractivity contribution < 1.29 is 23.7 Å². The molecule has 172 valence electrons. The molecule has 0 saturated heterocycles. The van der Waals surface area contributed by atoms with Gasteiger partial charge in [0.15, 0.2) is 17.2 Å². The summed E-state index contributed by atoms with van der Waals surface area (Å²) in [5.74, 6) is 0.819. The monoisotopic (exact) mass is 457 g/mol. The lowest BCUT2D eigenvalue weighted by Crippen LogP contribution is -2.15. The summed E-state index contributed by atoms with van der Waals surface area (Å²) in [5, 5.41) is 9.49. The average molecular weight is 457 g/mol. The van der Waals surface area contributed by atoms with Crippen molar-refractivity contribution in [2.75, 3.05) is 21.3 Å². The van der Waals surface area contributed by atoms with Crippen LogP contribution in [0.5, 0.6) is 17.2 Å². The van der Waals surface area contributed by atoms with E-state index < -0.39 is 5.97 Å². The number of hydrogen-bond acceptors (Lipinski definition) is 8. The molecule has 0 unspecified atom stereocenters. The summed E-state index contributed by atoms with van der Waals surface area (Å²) in [4.78, 5) is 18.9. The summed E-state index contributed by atoms with van der Waals surface area (Å²) >= 11 is 0. The maximum atomic E-state index is 12.6. The van der Waals surface area contributed by atoms with Gasteiger partial charge in [0.25, 0.3) is 0 Å². The molecular formula is C26H23N3O5. The molecule has 0 radical (unpaired) electrons. The minimum atomic E-state index is -0.577. The van der Waals surface area contributed by atoms with Gasteiger partial charge >= 0.3 is 5.97 Å². The Balaban J connectivity index is 1.64. The highest BCUT2D eigenvalue weighted by Gasteiger charge is 2.27. The van der Waals surface area contributed by atoms with E-state index in [0.717, 1.165) is 11.1 Å². The molecule has 0 bridgehead atoms. The summed E-state index contributed by atoms with van der Waals surface area (Å²) in [7, 11) is 4.52. The zero-order valence-electron chi connectivity index (χ0n) is 19.1. The van der Waals surface area contributed by atoms with E-state index in [2.05, 4.69) is 11.1 Å². The fourth-order valence-electron chi connectivity index (χ4n) is 3.72. The molecule has 34 heavy (non-hydrogen) atoms. The molecule has 0 saturated carbocycles. The molecule has 8 nitrogen and oxygen atoms in total. The quantitative estimate of drug-likeness (QED) is 0.456. The lowest BCUT2D eigenvalue weighted by atomic mass is 10.0. The number of carbonyl (C=O) groups excluding carboxylic acids is 1. The van der Waals surface area contributed by atoms with Crippen molar-refractivity contribution in [3.63, 3.8) is 0 Å². The number of nitriles is 1. The number of rotatable bonds is 7. The van der Waals surface area contributed by atoms with Crippen LogP contribution in [0.4, 0.5) is 0 Å². The Labute approximate surface area is 197 Å². The fraction of sp³-hybridized carbons (Fsp3) is 0.192. The first kappa shape index (κ1) is 22.7. The van der Waals surface area contributed by atoms with Crippen LogP contribution in [0.15, 0.2) is 82.8 Å². The molecule has 0 spiro atoms. The lowest BCUT2D eigenvalue weighted by Gasteiger charge is -2.22. The molecule has 0 fully saturated rings. The standard InChI is InChI=1S/C26H23N3O5/c1-31-22-11-20(12-23(32-2)24(22)33-3)25-28-21(26(30)34-25)10-18-9-19(13-27)16-29(15-18)14-17-7-5-4-6-8-17/h4-8,10-12,15-16H,9,14H2,1-3H3. The molecule has 2 aliphatic rings. The third kappa shape index (κ3) is 4.79. The Morgan fingerprint density at radius 1 is 1.09 bits per heavy atom. The molecular weight excluding hydrogens is 434 g/mol. The minimum Gasteiger partial charge on any atom is -0.493 e. The van der Waals surface area contributed by atoms with Crippen LogP contribution in [0.3, 0.4) is 0 Å². The van der Waals surface area contributed by atoms with E-state index in [1.807, 2.05) is 47.6 Å². The zero-order valence-corrected chi connectivity index (χ0v) is 19.1. The van der Waals surface area contributed by atoms with Crippen LogP contribution >= 0.6 is 0 Å². The van der Waals surface area contributed by atoms with Gasteiger partial charge in [0.1, 0.15) is 0 Å². The maximum absolute atomic E-state index is 12.6. The second-order valence-corrected chi connectivity index (χ2v) is 7.55. The molecule has 0 N–H and O–H groups in total. The van der Waals surface area contributed by atoms with Crippen LogP contribution in [0.25, 0.3) is 0 Å². The van der Waals surface area contributed by atoms with Gasteiger partial charge in [-0.2, -0.15) is 5.26 Å². The third-order valence-corrected chi connectivity index (χ3v) is 5.25. The number of hydrogen-bond donors (Lipinski definition) is 0. The van der Waals surface area contributed by atoms with Gasteiger partial charge in [-0.1, -0.05) is 30.3 Å². The Kier molecular flexibility index (Phi) is 6.64. The number of nitrogens with zero attached hydrogens (tertiary/aromatic N) is 3. The normalized spacial score (nSPS) is 16.3. The van der Waals surface area contributed by atoms with Gasteiger partial charge in [0.2, 0.25) is 11.6 Å². The molecule has 0 atom stereocenters. The number of methoxy groups -OCH3 is 3. The molecule has 4 rings (SSSR count). The van der Waals surface area contributed by atoms with Gasteiger partial charge in [-0.15, -0.1) is 0 Å². The van der Waals surface area contributed by atoms with Gasteiger partial charge in [0, 0.05) is 30.9 Å². The van der Waals surface area contributed by atoms with Gasteiger partial charge in [-0.3, -0.25) is 0 Å². The summed E-state index contributed by atoms with van der Waals surface area (Å²) in [5.41, 5.74) is 3.12. The highest BCUT2D eigenvalue weighted by atomic mass is 16.6. The van der Waals surface area contributed by atoms with Gasteiger partial charge in [-0.05, 0) is 29.3 Å². The minimum absolute atomic E-state index is 0.129. The largest absolute Gasteiger partial charge is 0.493 e. The predicted octanol–water partition coefficient (Wildman–Crippen LogP) is 4.10. The van der Waals surface area contributed by atoms with Crippen molar-refractivity contribution in [2.45, 2.75) is 13.0 Å². The number of aliphatic imine (C=N–C) groups is 1. The van der Waals surface area contributed by atoms with Crippen molar-refractivity contribution in [2.24, 2.45) is 4.99 Å². The van der Waals surface area contributed by atoms with Crippen LogP contribution in [-0.2, 0) is 16.1 Å². The van der Waals surface area contributed by atoms with E-state index >= 15 is 0 Å². The zero-order chi connectivity index (χ0) is 24.1. The van der Waals surface area contributed by atoms with Crippen molar-refractivity contribution >= 4 is 11.9 Å². The van der Waals surface area contributed by atoms with Crippen LogP contribution in [0.2, 0.25) is 0 Å². The summed E-state index contributed by atoms with van der Waals surface area (Å²) in [6.07, 6.45) is 5.76. The molecule has 0 aromatic heterocycles. The van der Waals surface area contributed by atoms with Crippen LogP contribution in [0.1, 0.15) is 17.5 Å². The molecule has 0 amide bonds. The van der Waals surface area contributed by atoms with Crippen LogP contribution in [-0.4, -0.2) is 38.1 Å². The van der Waals surface area contributed by atoms with Crippen molar-refractivity contribution in [1.29, 1.82) is 5.26 Å². The Bertz CT molecular complexity index is 1240. The highest BCUT2D eigenvalue weighted by molar-refractivity contribution is 6.11. The average Bonchev–Trinajstić information content (AvgIpc) is 3.23. The lowest BCUT2D eigenvalue weighted by molar-refractivity contribution is -0.130. The maximum Gasteiger partial charge on any atom is 0.363 e. The molecule has 2 heterocycles. The first-order chi connectivity index (χ1) is 16.5. The van der Waals surface area contributed by atoms with Crippen LogP contribution in [0, 0.1) is 11.3 Å². The Hall–Kier alpha value is -4.51. The number of ether oxygens (including phenoxy) is 4. The summed E-state index contributed by atoms with van der Waals surface area (Å²) < 4.78 is 21.5. The van der Waals surface area contributed by atoms with E-state index in [1.54, 1.807) is 18.2 Å². The number of cyclic esters (lactones) is 1. The number of esters is 1. The topological polar surface area (TPSA) is 93.4 Å². The number of benzene rings is 2. The van der Waals surface area contributed by atoms with E-state index in [0.29, 0.717) is 41.4 Å². The van der Waals surface area contributed by atoms with E-state index in [1.165, 1.54) is 21.3 Å². The van der Waals surface area contributed by atoms with Crippen LogP contribution < -0.4 is 14.2 Å². The van der Waals surface area contributed by atoms with E-state index in [-0.39, 0.29) is 11.6 Å². The first-order valence-corrected chi connectivity index (χ1v) is 10.5. The number of allylic oxidation sites excluding steroid dienone is 3. The van der Waals surface area contributed by atoms with Crippen molar-refractivity contribution in [3.8, 4) is 23.3 Å². The van der Waals surface area contributed by atoms with Gasteiger partial charge < -0.3 is 23.8 Å². The van der Waals surface area contributed by atoms with Gasteiger partial charge in [0.05, 0.1) is 33.0 Å². The predicted molar refractivity (Wildman–Crippen MR) is 125 cm³/mol. The van der Waals surface area contributed by atoms with Crippen molar-refractivity contribution in [3.05, 3.63) is 88.9 Å². The Morgan fingerprint density at radius 2 is 1.79 bits per heavy atom. The smallest absolute Gasteiger partial charge is 0.363 e. The van der Waals surface area contributed by atoms with Crippen molar-refractivity contribution in [1.82, 2.24) is 4.90 Å². The van der Waals surface area contributed by atoms with Gasteiger partial charge in [-0.25, -0.2) is 9.79 Å². The first-order valence-electron chi connectivity index (χ1n) is 10.5. The SMILES string of the molecule is COc1cc(C2=NC(=CC3=CN(Cc4ccccc4)C=C(C#N)C3)C(=O)O2)cc(OC)c1OC. The fourth-order valence-corrected chi connectivity index (χ4v) is 3.72.